The molecule has 1 aliphatic rings. The lowest BCUT2D eigenvalue weighted by Crippen LogP contribution is -2.33. The molecule has 0 unspecified atom stereocenters. The number of benzene rings is 1. The van der Waals surface area contributed by atoms with Gasteiger partial charge in [-0.05, 0) is 57.4 Å². The number of nitriles is 2. The second kappa shape index (κ2) is 9.95. The zero-order valence-electron chi connectivity index (χ0n) is 19.9. The molecule has 1 aromatic carbocycles. The smallest absolute Gasteiger partial charge is 0.103 e. The minimum atomic E-state index is 0.411. The quantitative estimate of drug-likeness (QED) is 0.391. The molecule has 4 aromatic rings. The second-order valence-electron chi connectivity index (χ2n) is 8.92. The van der Waals surface area contributed by atoms with Crippen molar-refractivity contribution in [3.05, 3.63) is 65.7 Å². The molecule has 176 valence electrons. The summed E-state index contributed by atoms with van der Waals surface area (Å²) in [6.45, 7) is 5.31. The van der Waals surface area contributed by atoms with Gasteiger partial charge in [-0.1, -0.05) is 30.8 Å². The Balaban J connectivity index is 1.53. The number of fused-ring (bicyclic) bond motifs is 1. The van der Waals surface area contributed by atoms with Gasteiger partial charge in [0.1, 0.15) is 12.1 Å². The fourth-order valence-corrected chi connectivity index (χ4v) is 6.14. The molecule has 3 aromatic heterocycles. The summed E-state index contributed by atoms with van der Waals surface area (Å²) >= 11 is 1.49. The fourth-order valence-electron chi connectivity index (χ4n) is 5.05. The maximum Gasteiger partial charge on any atom is 0.103 e. The van der Waals surface area contributed by atoms with Crippen LogP contribution in [0.2, 0.25) is 0 Å². The number of aromatic nitrogens is 4. The van der Waals surface area contributed by atoms with Crippen molar-refractivity contribution in [2.24, 2.45) is 0 Å². The molecule has 0 spiro atoms. The average molecular weight is 482 g/mol. The second-order valence-corrected chi connectivity index (χ2v) is 10.0. The van der Waals surface area contributed by atoms with Crippen molar-refractivity contribution in [3.63, 3.8) is 0 Å². The standard InChI is InChI=1S/C27H27N7S/c1-3-30-22-8-10-23(11-9-22)34-18(2)24(16-32-34)20-12-26(27-21(14-29)15-31-33(27)17-20)35-25-7-5-4-6-19(25)13-28/h4-7,12,15-17,22-23,30H,3,8-11H2,1-2H3/t22-,23-. The van der Waals surface area contributed by atoms with E-state index in [9.17, 15) is 10.5 Å². The maximum absolute atomic E-state index is 9.66. The largest absolute Gasteiger partial charge is 0.314 e. The van der Waals surface area contributed by atoms with Gasteiger partial charge < -0.3 is 5.32 Å². The highest BCUT2D eigenvalue weighted by Crippen LogP contribution is 2.38. The van der Waals surface area contributed by atoms with Gasteiger partial charge in [-0.2, -0.15) is 20.7 Å². The van der Waals surface area contributed by atoms with Crippen LogP contribution in [0.4, 0.5) is 0 Å². The average Bonchev–Trinajstić information content (AvgIpc) is 3.48. The summed E-state index contributed by atoms with van der Waals surface area (Å²) in [5, 5.41) is 32.1. The lowest BCUT2D eigenvalue weighted by atomic mass is 9.91. The van der Waals surface area contributed by atoms with Crippen LogP contribution < -0.4 is 5.32 Å². The Morgan fingerprint density at radius 2 is 1.80 bits per heavy atom. The van der Waals surface area contributed by atoms with E-state index in [1.807, 2.05) is 36.7 Å². The van der Waals surface area contributed by atoms with Gasteiger partial charge >= 0.3 is 0 Å². The number of pyridine rings is 1. The first-order valence-corrected chi connectivity index (χ1v) is 12.8. The van der Waals surface area contributed by atoms with E-state index < -0.39 is 0 Å². The highest BCUT2D eigenvalue weighted by atomic mass is 32.2. The highest BCUT2D eigenvalue weighted by molar-refractivity contribution is 7.99. The van der Waals surface area contributed by atoms with E-state index in [2.05, 4.69) is 47.1 Å². The van der Waals surface area contributed by atoms with Crippen LogP contribution in [-0.4, -0.2) is 32.0 Å². The van der Waals surface area contributed by atoms with Crippen molar-refractivity contribution in [2.45, 2.75) is 61.4 Å². The lowest BCUT2D eigenvalue weighted by Gasteiger charge is -2.30. The Hall–Kier alpha value is -3.59. The molecule has 1 aliphatic carbocycles. The molecule has 5 rings (SSSR count). The van der Waals surface area contributed by atoms with Crippen LogP contribution in [0.1, 0.15) is 55.5 Å². The van der Waals surface area contributed by atoms with Crippen LogP contribution in [0.5, 0.6) is 0 Å². The van der Waals surface area contributed by atoms with E-state index in [0.29, 0.717) is 23.2 Å². The van der Waals surface area contributed by atoms with Crippen LogP contribution in [0, 0.1) is 29.6 Å². The third kappa shape index (κ3) is 4.43. The van der Waals surface area contributed by atoms with E-state index in [1.54, 1.807) is 10.7 Å². The third-order valence-electron chi connectivity index (χ3n) is 6.82. The zero-order valence-corrected chi connectivity index (χ0v) is 20.7. The Morgan fingerprint density at radius 3 is 2.54 bits per heavy atom. The summed E-state index contributed by atoms with van der Waals surface area (Å²) < 4.78 is 3.95. The molecular formula is C27H27N7S. The number of hydrogen-bond acceptors (Lipinski definition) is 6. The summed E-state index contributed by atoms with van der Waals surface area (Å²) in [4.78, 5) is 1.74. The molecule has 7 nitrogen and oxygen atoms in total. The van der Waals surface area contributed by atoms with E-state index in [4.69, 9.17) is 5.10 Å². The SMILES string of the molecule is CCN[C@H]1CC[C@H](n2ncc(-c3cc(Sc4ccccc4C#N)c4c(C#N)cnn4c3)c2C)CC1. The van der Waals surface area contributed by atoms with Gasteiger partial charge in [-0.15, -0.1) is 0 Å². The van der Waals surface area contributed by atoms with Crippen molar-refractivity contribution in [1.82, 2.24) is 24.7 Å². The van der Waals surface area contributed by atoms with Crippen LogP contribution >= 0.6 is 11.8 Å². The molecule has 35 heavy (non-hydrogen) atoms. The number of rotatable bonds is 6. The van der Waals surface area contributed by atoms with Gasteiger partial charge in [0.05, 0.1) is 35.1 Å². The van der Waals surface area contributed by atoms with Crippen LogP contribution in [0.3, 0.4) is 0 Å². The van der Waals surface area contributed by atoms with Gasteiger partial charge in [-0.25, -0.2) is 4.52 Å². The summed E-state index contributed by atoms with van der Waals surface area (Å²) in [6.07, 6.45) is 10.1. The molecule has 0 amide bonds. The fraction of sp³-hybridized carbons (Fsp3) is 0.333. The van der Waals surface area contributed by atoms with Gasteiger partial charge in [0, 0.05) is 38.9 Å². The molecule has 8 heteroatoms. The molecule has 3 heterocycles. The summed E-state index contributed by atoms with van der Waals surface area (Å²) in [5.41, 5.74) is 5.06. The van der Waals surface area contributed by atoms with Crippen LogP contribution in [0.15, 0.2) is 58.7 Å². The Morgan fingerprint density at radius 1 is 1.03 bits per heavy atom. The predicted molar refractivity (Wildman–Crippen MR) is 136 cm³/mol. The minimum Gasteiger partial charge on any atom is -0.314 e. The van der Waals surface area contributed by atoms with Crippen LogP contribution in [-0.2, 0) is 0 Å². The van der Waals surface area contributed by atoms with Gasteiger partial charge in [0.25, 0.3) is 0 Å². The first kappa shape index (κ1) is 23.2. The maximum atomic E-state index is 9.66. The molecule has 0 bridgehead atoms. The van der Waals surface area contributed by atoms with Gasteiger partial charge in [-0.3, -0.25) is 4.68 Å². The molecule has 0 saturated heterocycles. The molecule has 1 N–H and O–H groups in total. The monoisotopic (exact) mass is 481 g/mol. The predicted octanol–water partition coefficient (Wildman–Crippen LogP) is 5.49. The van der Waals surface area contributed by atoms with E-state index >= 15 is 0 Å². The third-order valence-corrected chi connectivity index (χ3v) is 7.92. The number of hydrogen-bond donors (Lipinski definition) is 1. The molecule has 0 aliphatic heterocycles. The highest BCUT2D eigenvalue weighted by Gasteiger charge is 2.25. The Kier molecular flexibility index (Phi) is 6.59. The summed E-state index contributed by atoms with van der Waals surface area (Å²) in [7, 11) is 0. The van der Waals surface area contributed by atoms with Crippen molar-refractivity contribution < 1.29 is 0 Å². The van der Waals surface area contributed by atoms with Gasteiger partial charge in [0.2, 0.25) is 0 Å². The van der Waals surface area contributed by atoms with E-state index in [0.717, 1.165) is 51.5 Å². The zero-order chi connectivity index (χ0) is 24.4. The number of nitrogens with zero attached hydrogens (tertiary/aromatic N) is 6. The molecule has 1 fully saturated rings. The molecule has 0 atom stereocenters. The Bertz CT molecular complexity index is 1440. The van der Waals surface area contributed by atoms with E-state index in [1.165, 1.54) is 24.6 Å². The molecule has 0 radical (unpaired) electrons. The summed E-state index contributed by atoms with van der Waals surface area (Å²) in [6, 6.07) is 15.2. The summed E-state index contributed by atoms with van der Waals surface area (Å²) in [5.74, 6) is 0. The van der Waals surface area contributed by atoms with Crippen molar-refractivity contribution in [3.8, 4) is 23.3 Å². The lowest BCUT2D eigenvalue weighted by molar-refractivity contribution is 0.276. The van der Waals surface area contributed by atoms with Gasteiger partial charge in [0.15, 0.2) is 0 Å². The van der Waals surface area contributed by atoms with E-state index in [-0.39, 0.29) is 0 Å². The first-order chi connectivity index (χ1) is 17.1. The van der Waals surface area contributed by atoms with Crippen LogP contribution in [0.25, 0.3) is 16.6 Å². The molecule has 1 saturated carbocycles. The topological polar surface area (TPSA) is 94.7 Å². The van der Waals surface area contributed by atoms with Crippen molar-refractivity contribution in [2.75, 3.05) is 6.54 Å². The number of nitrogens with one attached hydrogen (secondary N) is 1. The normalized spacial score (nSPS) is 17.8. The Labute approximate surface area is 209 Å². The molecular weight excluding hydrogens is 454 g/mol. The van der Waals surface area contributed by atoms with Crippen molar-refractivity contribution in [1.29, 1.82) is 10.5 Å². The minimum absolute atomic E-state index is 0.411. The first-order valence-electron chi connectivity index (χ1n) is 12.0. The van der Waals surface area contributed by atoms with Crippen molar-refractivity contribution >= 4 is 17.3 Å².